The highest BCUT2D eigenvalue weighted by Gasteiger charge is 2.32. The second kappa shape index (κ2) is 10.6. The molecule has 0 spiro atoms. The topological polar surface area (TPSA) is 58.4 Å². The van der Waals surface area contributed by atoms with E-state index in [4.69, 9.17) is 0 Å². The summed E-state index contributed by atoms with van der Waals surface area (Å²) in [7, 11) is -3.22. The molecule has 0 unspecified atom stereocenters. The van der Waals surface area contributed by atoms with E-state index in [1.54, 1.807) is 0 Å². The number of likely N-dealkylation sites (tertiary alicyclic amines) is 1. The lowest BCUT2D eigenvalue weighted by Gasteiger charge is -2.37. The second-order valence-electron chi connectivity index (χ2n) is 10.3. The largest absolute Gasteiger partial charge is 0.327 e. The van der Waals surface area contributed by atoms with Gasteiger partial charge in [-0.1, -0.05) is 12.1 Å². The van der Waals surface area contributed by atoms with Gasteiger partial charge in [-0.2, -0.15) is 0 Å². The van der Waals surface area contributed by atoms with Crippen LogP contribution in [0.3, 0.4) is 0 Å². The van der Waals surface area contributed by atoms with Gasteiger partial charge >= 0.3 is 0 Å². The number of piperidine rings is 2. The van der Waals surface area contributed by atoms with Gasteiger partial charge in [-0.25, -0.2) is 26.5 Å². The molecule has 194 valence electrons. The predicted molar refractivity (Wildman–Crippen MR) is 137 cm³/mol. The Labute approximate surface area is 212 Å². The first-order valence-electron chi connectivity index (χ1n) is 12.8. The van der Waals surface area contributed by atoms with E-state index in [0.717, 1.165) is 50.5 Å². The molecule has 2 fully saturated rings. The molecule has 2 aromatic carbocycles. The molecule has 1 aromatic heterocycles. The molecule has 2 saturated heterocycles. The third kappa shape index (κ3) is 5.63. The molecule has 0 radical (unpaired) electrons. The van der Waals surface area contributed by atoms with Crippen LogP contribution >= 0.6 is 0 Å². The second-order valence-corrected chi connectivity index (χ2v) is 12.3. The van der Waals surface area contributed by atoms with Crippen molar-refractivity contribution in [1.82, 2.24) is 18.8 Å². The highest BCUT2D eigenvalue weighted by molar-refractivity contribution is 7.88. The van der Waals surface area contributed by atoms with Crippen LogP contribution in [0.5, 0.6) is 0 Å². The molecule has 36 heavy (non-hydrogen) atoms. The van der Waals surface area contributed by atoms with Crippen molar-refractivity contribution in [3.05, 3.63) is 66.0 Å². The minimum absolute atomic E-state index is 0.00720. The fourth-order valence-electron chi connectivity index (χ4n) is 6.09. The Kier molecular flexibility index (Phi) is 7.42. The summed E-state index contributed by atoms with van der Waals surface area (Å²) in [6.45, 7) is 3.71. The van der Waals surface area contributed by atoms with Gasteiger partial charge in [-0.15, -0.1) is 0 Å². The van der Waals surface area contributed by atoms with E-state index >= 15 is 0 Å². The summed E-state index contributed by atoms with van der Waals surface area (Å²) in [6.07, 6.45) is 7.45. The van der Waals surface area contributed by atoms with Crippen molar-refractivity contribution in [1.29, 1.82) is 0 Å². The van der Waals surface area contributed by atoms with Crippen molar-refractivity contribution in [2.24, 2.45) is 5.92 Å². The fourth-order valence-corrected chi connectivity index (χ4v) is 6.96. The molecule has 0 amide bonds. The van der Waals surface area contributed by atoms with Gasteiger partial charge in [-0.3, -0.25) is 0 Å². The summed E-state index contributed by atoms with van der Waals surface area (Å²) in [4.78, 5) is 6.99. The molecule has 9 heteroatoms. The van der Waals surface area contributed by atoms with Crippen LogP contribution in [0.1, 0.15) is 49.6 Å². The SMILES string of the molecule is CS(=O)(=O)N1CCC([C@@H](CCN2CCC(n3cnc4ccccc43)CC2)c2cc(F)cc(F)c2)CC1. The Balaban J connectivity index is 1.24. The maximum atomic E-state index is 14.1. The van der Waals surface area contributed by atoms with Gasteiger partial charge < -0.3 is 9.47 Å². The third-order valence-electron chi connectivity index (χ3n) is 8.04. The number of para-hydroxylation sites is 2. The lowest BCUT2D eigenvalue weighted by molar-refractivity contribution is 0.168. The van der Waals surface area contributed by atoms with Crippen molar-refractivity contribution >= 4 is 21.1 Å². The summed E-state index contributed by atoms with van der Waals surface area (Å²) in [5.74, 6) is -0.930. The Morgan fingerprint density at radius 3 is 2.31 bits per heavy atom. The summed E-state index contributed by atoms with van der Waals surface area (Å²) in [5.41, 5.74) is 2.88. The molecular formula is C27H34F2N4O2S. The van der Waals surface area contributed by atoms with Crippen molar-refractivity contribution in [2.45, 2.75) is 44.1 Å². The van der Waals surface area contributed by atoms with Crippen molar-refractivity contribution in [3.8, 4) is 0 Å². The van der Waals surface area contributed by atoms with Gasteiger partial charge in [0, 0.05) is 38.3 Å². The van der Waals surface area contributed by atoms with E-state index in [9.17, 15) is 17.2 Å². The molecule has 0 aliphatic carbocycles. The first-order chi connectivity index (χ1) is 17.3. The zero-order valence-corrected chi connectivity index (χ0v) is 21.5. The molecule has 6 nitrogen and oxygen atoms in total. The van der Waals surface area contributed by atoms with E-state index < -0.39 is 21.7 Å². The van der Waals surface area contributed by atoms with Crippen LogP contribution in [0.25, 0.3) is 11.0 Å². The van der Waals surface area contributed by atoms with E-state index in [0.29, 0.717) is 37.5 Å². The molecular weight excluding hydrogens is 482 g/mol. The Bertz CT molecular complexity index is 1280. The first-order valence-corrected chi connectivity index (χ1v) is 14.7. The van der Waals surface area contributed by atoms with Crippen LogP contribution in [0, 0.1) is 17.6 Å². The highest BCUT2D eigenvalue weighted by Crippen LogP contribution is 2.37. The fraction of sp³-hybridized carbons (Fsp3) is 0.519. The molecule has 1 atom stereocenters. The summed E-state index contributed by atoms with van der Waals surface area (Å²) < 4.78 is 55.9. The van der Waals surface area contributed by atoms with Crippen LogP contribution in [-0.2, 0) is 10.0 Å². The number of rotatable bonds is 7. The van der Waals surface area contributed by atoms with E-state index in [1.165, 1.54) is 28.2 Å². The molecule has 2 aliphatic heterocycles. The maximum absolute atomic E-state index is 14.1. The smallest absolute Gasteiger partial charge is 0.211 e. The van der Waals surface area contributed by atoms with E-state index in [2.05, 4.69) is 20.5 Å². The van der Waals surface area contributed by atoms with Crippen LogP contribution in [0.2, 0.25) is 0 Å². The Morgan fingerprint density at radius 1 is 0.972 bits per heavy atom. The lowest BCUT2D eigenvalue weighted by atomic mass is 9.78. The van der Waals surface area contributed by atoms with Gasteiger partial charge in [0.1, 0.15) is 11.6 Å². The quantitative estimate of drug-likeness (QED) is 0.453. The molecule has 5 rings (SSSR count). The van der Waals surface area contributed by atoms with Crippen LogP contribution in [0.4, 0.5) is 8.78 Å². The molecule has 3 heterocycles. The number of hydrogen-bond donors (Lipinski definition) is 0. The van der Waals surface area contributed by atoms with Crippen molar-refractivity contribution in [2.75, 3.05) is 39.0 Å². The maximum Gasteiger partial charge on any atom is 0.211 e. The van der Waals surface area contributed by atoms with Gasteiger partial charge in [0.15, 0.2) is 0 Å². The van der Waals surface area contributed by atoms with Crippen LogP contribution < -0.4 is 0 Å². The van der Waals surface area contributed by atoms with E-state index in [-0.39, 0.29) is 11.8 Å². The van der Waals surface area contributed by atoms with Crippen LogP contribution in [0.15, 0.2) is 48.8 Å². The van der Waals surface area contributed by atoms with Gasteiger partial charge in [0.05, 0.1) is 23.6 Å². The van der Waals surface area contributed by atoms with Gasteiger partial charge in [-0.05, 0) is 80.3 Å². The zero-order valence-electron chi connectivity index (χ0n) is 20.7. The standard InChI is InChI=1S/C27H34F2N4O2S/c1-36(34,35)32-14-6-20(7-15-32)25(21-16-22(28)18-23(29)17-21)10-13-31-11-8-24(9-12-31)33-19-30-26-4-2-3-5-27(26)33/h2-5,16-20,24-25H,6-15H2,1H3/t25-/m1/s1. The number of fused-ring (bicyclic) bond motifs is 1. The Morgan fingerprint density at radius 2 is 1.64 bits per heavy atom. The third-order valence-corrected chi connectivity index (χ3v) is 9.34. The average molecular weight is 517 g/mol. The first kappa shape index (κ1) is 25.3. The van der Waals surface area contributed by atoms with Gasteiger partial charge in [0.25, 0.3) is 0 Å². The van der Waals surface area contributed by atoms with Gasteiger partial charge in [0.2, 0.25) is 10.0 Å². The predicted octanol–water partition coefficient (Wildman–Crippen LogP) is 4.80. The number of nitrogens with zero attached hydrogens (tertiary/aromatic N) is 4. The van der Waals surface area contributed by atoms with Crippen LogP contribution in [-0.4, -0.2) is 66.2 Å². The van der Waals surface area contributed by atoms with Crippen molar-refractivity contribution in [3.63, 3.8) is 0 Å². The number of benzene rings is 2. The summed E-state index contributed by atoms with van der Waals surface area (Å²) >= 11 is 0. The molecule has 0 saturated carbocycles. The molecule has 0 N–H and O–H groups in total. The minimum atomic E-state index is -3.22. The monoisotopic (exact) mass is 516 g/mol. The molecule has 0 bridgehead atoms. The number of hydrogen-bond acceptors (Lipinski definition) is 4. The zero-order chi connectivity index (χ0) is 25.3. The molecule has 3 aromatic rings. The lowest BCUT2D eigenvalue weighted by Crippen LogP contribution is -2.40. The number of halogens is 2. The number of sulfonamides is 1. The number of aromatic nitrogens is 2. The van der Waals surface area contributed by atoms with E-state index in [1.807, 2.05) is 24.5 Å². The average Bonchev–Trinajstić information content (AvgIpc) is 3.28. The van der Waals surface area contributed by atoms with Crippen molar-refractivity contribution < 1.29 is 17.2 Å². The summed E-state index contributed by atoms with van der Waals surface area (Å²) in [6, 6.07) is 12.4. The Hall–Kier alpha value is -2.36. The highest BCUT2D eigenvalue weighted by atomic mass is 32.2. The normalized spacial score (nSPS) is 20.2. The minimum Gasteiger partial charge on any atom is -0.327 e. The molecule has 2 aliphatic rings. The summed E-state index contributed by atoms with van der Waals surface area (Å²) in [5, 5.41) is 0. The number of imidazole rings is 1.